The number of hydrogen-bond donors (Lipinski definition) is 2. The number of aromatic nitrogens is 1. The molecule has 0 saturated carbocycles. The third kappa shape index (κ3) is 17.1. The minimum atomic E-state index is -1.95. The Bertz CT molecular complexity index is 3160. The molecule has 18 nitrogen and oxygen atoms in total. The number of Topliss-reactive ketones (excluding diaryl/α,β-unsaturated/α-hetero) is 2. The lowest BCUT2D eigenvalue weighted by atomic mass is 9.82. The van der Waals surface area contributed by atoms with Gasteiger partial charge < -0.3 is 39.7 Å². The first kappa shape index (κ1) is 70.7. The molecule has 11 atom stereocenters. The quantitative estimate of drug-likeness (QED) is 0.113. The first-order valence-electron chi connectivity index (χ1n) is 32.1. The lowest BCUT2D eigenvalue weighted by Crippen LogP contribution is -2.61. The van der Waals surface area contributed by atoms with Crippen LogP contribution in [-0.4, -0.2) is 170 Å². The molecule has 484 valence electrons. The molecule has 4 aromatic rings. The van der Waals surface area contributed by atoms with E-state index in [0.717, 1.165) is 26.9 Å². The minimum absolute atomic E-state index is 0.00612. The van der Waals surface area contributed by atoms with E-state index in [9.17, 15) is 19.5 Å². The molecule has 0 spiro atoms. The number of amides is 6. The van der Waals surface area contributed by atoms with Crippen LogP contribution in [0.4, 0.5) is 0 Å². The van der Waals surface area contributed by atoms with Crippen molar-refractivity contribution in [2.75, 3.05) is 34.7 Å². The maximum atomic E-state index is 15.8. The number of ketones is 2. The van der Waals surface area contributed by atoms with Crippen molar-refractivity contribution in [3.63, 3.8) is 0 Å². The van der Waals surface area contributed by atoms with E-state index >= 15 is 28.8 Å². The summed E-state index contributed by atoms with van der Waals surface area (Å²) in [6.07, 6.45) is 1.47. The standard InChI is InChI=1S/C71H99N7O11/c1-17-45(9)53-41-58(79)56-30-24-34-78(56)68(85)57(38-48-27-22-28-49(36-48)50-31-32-54-51(39-50)29-23-33-72-54)74(13)67(84)55(37-47-25-20-19-21-26-47)73-64(81)61(44(7)8)76(15)69(86)62(46(10)18-2)89-70(87)63(71(11,12)88)77(16)65(82)52(35-42(3)4)40-59(80)60(43(5)6)75(14)66(53)83/h19-23,25-29,31-33,36,39,42-46,52-53,55-57,60-63,88H,17-18,24,30,34-35,37-38,40-41H2,1-16H3,(H,73,81)/t45?,46?,52?,53-,55-,56-,57-,60-,61-,62+,63+/m0/s1. The summed E-state index contributed by atoms with van der Waals surface area (Å²) < 4.78 is 6.17. The van der Waals surface area contributed by atoms with Gasteiger partial charge in [0, 0.05) is 89.8 Å². The molecule has 3 unspecified atom stereocenters. The molecule has 2 aliphatic rings. The van der Waals surface area contributed by atoms with Crippen molar-refractivity contribution < 1.29 is 53.0 Å². The highest BCUT2D eigenvalue weighted by atomic mass is 16.6. The lowest BCUT2D eigenvalue weighted by molar-refractivity contribution is -0.178. The van der Waals surface area contributed by atoms with Gasteiger partial charge >= 0.3 is 5.97 Å². The molecule has 6 rings (SSSR count). The van der Waals surface area contributed by atoms with Crippen LogP contribution in [0.25, 0.3) is 22.0 Å². The molecule has 3 heterocycles. The zero-order chi connectivity index (χ0) is 65.9. The number of ether oxygens (including phenoxy) is 1. The molecule has 0 radical (unpaired) electrons. The average molecular weight is 1230 g/mol. The molecule has 0 aliphatic carbocycles. The number of cyclic esters (lactones) is 1. The molecule has 18 heteroatoms. The molecule has 1 aromatic heterocycles. The van der Waals surface area contributed by atoms with Crippen LogP contribution in [0.2, 0.25) is 0 Å². The summed E-state index contributed by atoms with van der Waals surface area (Å²) in [6, 6.07) is 19.1. The van der Waals surface area contributed by atoms with E-state index in [1.54, 1.807) is 34.0 Å². The summed E-state index contributed by atoms with van der Waals surface area (Å²) in [6.45, 7) is 21.1. The fourth-order valence-corrected chi connectivity index (χ4v) is 13.2. The third-order valence-corrected chi connectivity index (χ3v) is 18.5. The minimum Gasteiger partial charge on any atom is -0.450 e. The first-order chi connectivity index (χ1) is 41.9. The summed E-state index contributed by atoms with van der Waals surface area (Å²) in [4.78, 5) is 148. The summed E-state index contributed by atoms with van der Waals surface area (Å²) in [5, 5.41) is 15.7. The predicted molar refractivity (Wildman–Crippen MR) is 344 cm³/mol. The highest BCUT2D eigenvalue weighted by molar-refractivity contribution is 5.99. The summed E-state index contributed by atoms with van der Waals surface area (Å²) >= 11 is 0. The molecule has 2 fully saturated rings. The van der Waals surface area contributed by atoms with Crippen LogP contribution in [-0.2, 0) is 60.7 Å². The Labute approximate surface area is 527 Å². The molecule has 0 bridgehead atoms. The number of nitrogens with zero attached hydrogens (tertiary/aromatic N) is 6. The number of nitrogens with one attached hydrogen (secondary N) is 1. The van der Waals surface area contributed by atoms with Crippen molar-refractivity contribution in [3.05, 3.63) is 102 Å². The number of benzene rings is 3. The van der Waals surface area contributed by atoms with Crippen molar-refractivity contribution in [1.29, 1.82) is 0 Å². The smallest absolute Gasteiger partial charge is 0.332 e. The number of carbonyl (C=O) groups is 9. The number of pyridine rings is 1. The highest BCUT2D eigenvalue weighted by Gasteiger charge is 2.48. The van der Waals surface area contributed by atoms with Gasteiger partial charge in [-0.3, -0.25) is 43.3 Å². The molecule has 3 aromatic carbocycles. The molecular formula is C71H99N7O11. The molecule has 2 N–H and O–H groups in total. The van der Waals surface area contributed by atoms with Gasteiger partial charge in [0.05, 0.1) is 23.2 Å². The van der Waals surface area contributed by atoms with Gasteiger partial charge in [0.1, 0.15) is 18.1 Å². The van der Waals surface area contributed by atoms with Crippen LogP contribution in [0.15, 0.2) is 91.1 Å². The van der Waals surface area contributed by atoms with Crippen LogP contribution in [0, 0.1) is 41.4 Å². The second kappa shape index (κ2) is 30.9. The summed E-state index contributed by atoms with van der Waals surface area (Å²) in [5.41, 5.74) is 2.04. The zero-order valence-electron chi connectivity index (χ0n) is 55.5. The Hall–Kier alpha value is -7.34. The molecule has 6 amide bonds. The lowest BCUT2D eigenvalue weighted by Gasteiger charge is -2.39. The van der Waals surface area contributed by atoms with E-state index in [0.29, 0.717) is 36.8 Å². The average Bonchev–Trinajstić information content (AvgIpc) is 2.39. The number of esters is 1. The van der Waals surface area contributed by atoms with Crippen LogP contribution in [0.3, 0.4) is 0 Å². The van der Waals surface area contributed by atoms with Gasteiger partial charge in [0.25, 0.3) is 5.91 Å². The number of carbonyl (C=O) groups excluding carboxylic acids is 9. The SMILES string of the molecule is CCC(C)[C@@H]1CC(=O)[C@@H]2CCCN2C(=O)[C@H](Cc2cccc(-c3ccc4ncccc4c3)c2)N(C)C(=O)[C@H](Cc2ccccc2)NC(=O)[C@H](C(C)C)N(C)C(=O)[C@@H](C(C)CC)OC(=O)[C@H](C(C)(C)O)N(C)C(=O)C(CC(C)C)CC(=O)[C@H](C(C)C)N(C)C1=O. The van der Waals surface area contributed by atoms with E-state index in [2.05, 4.69) is 10.3 Å². The van der Waals surface area contributed by atoms with Gasteiger partial charge in [0.15, 0.2) is 23.7 Å². The van der Waals surface area contributed by atoms with E-state index in [1.807, 2.05) is 133 Å². The summed E-state index contributed by atoms with van der Waals surface area (Å²) in [5.74, 6) is -9.51. The Morgan fingerprint density at radius 3 is 1.88 bits per heavy atom. The predicted octanol–water partition coefficient (Wildman–Crippen LogP) is 8.77. The Morgan fingerprint density at radius 1 is 0.629 bits per heavy atom. The van der Waals surface area contributed by atoms with Gasteiger partial charge in [-0.1, -0.05) is 142 Å². The second-order valence-electron chi connectivity index (χ2n) is 26.9. The summed E-state index contributed by atoms with van der Waals surface area (Å²) in [7, 11) is 5.85. The molecular weight excluding hydrogens is 1130 g/mol. The van der Waals surface area contributed by atoms with Gasteiger partial charge in [-0.05, 0) is 104 Å². The van der Waals surface area contributed by atoms with Crippen molar-refractivity contribution in [3.8, 4) is 11.1 Å². The largest absolute Gasteiger partial charge is 0.450 e. The van der Waals surface area contributed by atoms with E-state index in [4.69, 9.17) is 4.74 Å². The van der Waals surface area contributed by atoms with Gasteiger partial charge in [0.2, 0.25) is 29.5 Å². The monoisotopic (exact) mass is 1230 g/mol. The second-order valence-corrected chi connectivity index (χ2v) is 26.9. The van der Waals surface area contributed by atoms with E-state index in [1.165, 1.54) is 54.6 Å². The number of likely N-dealkylation sites (N-methyl/N-ethyl adjacent to an activating group) is 4. The normalized spacial score (nSPS) is 25.1. The van der Waals surface area contributed by atoms with Crippen molar-refractivity contribution in [2.24, 2.45) is 41.4 Å². The van der Waals surface area contributed by atoms with Crippen molar-refractivity contribution in [2.45, 2.75) is 189 Å². The van der Waals surface area contributed by atoms with Crippen LogP contribution in [0.1, 0.15) is 139 Å². The maximum Gasteiger partial charge on any atom is 0.332 e. The van der Waals surface area contributed by atoms with Crippen LogP contribution >= 0.6 is 0 Å². The number of hydrogen-bond acceptors (Lipinski definition) is 12. The van der Waals surface area contributed by atoms with Gasteiger partial charge in [-0.2, -0.15) is 0 Å². The van der Waals surface area contributed by atoms with E-state index < -0.39 is 125 Å². The number of rotatable bonds is 14. The third-order valence-electron chi connectivity index (χ3n) is 18.5. The fourth-order valence-electron chi connectivity index (χ4n) is 13.2. The number of fused-ring (bicyclic) bond motifs is 2. The topological polar surface area (TPSA) is 224 Å². The van der Waals surface area contributed by atoms with Gasteiger partial charge in [-0.15, -0.1) is 0 Å². The van der Waals surface area contributed by atoms with Crippen LogP contribution < -0.4 is 5.32 Å². The molecule has 2 aliphatic heterocycles. The fraction of sp³-hybridized carbons (Fsp3) is 0.577. The van der Waals surface area contributed by atoms with Gasteiger partial charge in [-0.25, -0.2) is 4.79 Å². The Kier molecular flexibility index (Phi) is 24.6. The van der Waals surface area contributed by atoms with E-state index in [-0.39, 0.29) is 56.3 Å². The van der Waals surface area contributed by atoms with Crippen LogP contribution in [0.5, 0.6) is 0 Å². The number of aliphatic hydroxyl groups is 1. The first-order valence-corrected chi connectivity index (χ1v) is 32.1. The Balaban J connectivity index is 1.52. The Morgan fingerprint density at radius 2 is 1.26 bits per heavy atom. The maximum absolute atomic E-state index is 15.8. The molecule has 2 saturated heterocycles. The van der Waals surface area contributed by atoms with Crippen molar-refractivity contribution >= 4 is 63.9 Å². The van der Waals surface area contributed by atoms with Crippen molar-refractivity contribution in [1.82, 2.24) is 34.8 Å². The molecule has 89 heavy (non-hydrogen) atoms. The highest BCUT2D eigenvalue weighted by Crippen LogP contribution is 2.33. The zero-order valence-corrected chi connectivity index (χ0v) is 55.5.